The van der Waals surface area contributed by atoms with Gasteiger partial charge in [0, 0.05) is 24.9 Å². The van der Waals surface area contributed by atoms with Gasteiger partial charge in [0.25, 0.3) is 0 Å². The number of nitrogens with one attached hydrogen (secondary N) is 2. The van der Waals surface area contributed by atoms with E-state index in [1.807, 2.05) is 46.3 Å². The SMILES string of the molecule is O=C(CCn1c(-c2cccs2)n[nH]c1=S)NC1CCOc2ccccc21. The highest BCUT2D eigenvalue weighted by Gasteiger charge is 2.22. The molecule has 2 N–H and O–H groups in total. The molecule has 0 aliphatic carbocycles. The maximum atomic E-state index is 12.5. The number of benzene rings is 1. The Labute approximate surface area is 159 Å². The highest BCUT2D eigenvalue weighted by molar-refractivity contribution is 7.71. The lowest BCUT2D eigenvalue weighted by Crippen LogP contribution is -2.32. The number of ether oxygens (including phenoxy) is 1. The molecule has 4 rings (SSSR count). The van der Waals surface area contributed by atoms with Crippen LogP contribution in [0.15, 0.2) is 41.8 Å². The number of aromatic nitrogens is 3. The molecule has 1 atom stereocenters. The Morgan fingerprint density at radius 2 is 2.27 bits per heavy atom. The highest BCUT2D eigenvalue weighted by Crippen LogP contribution is 2.31. The molecule has 1 amide bonds. The van der Waals surface area contributed by atoms with E-state index in [1.54, 1.807) is 11.3 Å². The number of nitrogens with zero attached hydrogens (tertiary/aromatic N) is 2. The van der Waals surface area contributed by atoms with Crippen molar-refractivity contribution in [2.24, 2.45) is 0 Å². The first-order valence-electron chi connectivity index (χ1n) is 8.42. The number of carbonyl (C=O) groups excluding carboxylic acids is 1. The second-order valence-corrected chi connectivity index (χ2v) is 7.36. The van der Waals surface area contributed by atoms with Gasteiger partial charge in [0.05, 0.1) is 17.5 Å². The lowest BCUT2D eigenvalue weighted by molar-refractivity contribution is -0.122. The summed E-state index contributed by atoms with van der Waals surface area (Å²) in [4.78, 5) is 13.5. The predicted molar refractivity (Wildman–Crippen MR) is 103 cm³/mol. The maximum absolute atomic E-state index is 12.5. The molecule has 134 valence electrons. The Bertz CT molecular complexity index is 962. The van der Waals surface area contributed by atoms with E-state index in [2.05, 4.69) is 15.5 Å². The lowest BCUT2D eigenvalue weighted by Gasteiger charge is -2.26. The second kappa shape index (κ2) is 7.43. The number of fused-ring (bicyclic) bond motifs is 1. The number of hydrogen-bond acceptors (Lipinski definition) is 5. The van der Waals surface area contributed by atoms with E-state index in [4.69, 9.17) is 17.0 Å². The van der Waals surface area contributed by atoms with E-state index < -0.39 is 0 Å². The van der Waals surface area contributed by atoms with Crippen molar-refractivity contribution in [3.8, 4) is 16.5 Å². The Kier molecular flexibility index (Phi) is 4.85. The number of rotatable bonds is 5. The van der Waals surface area contributed by atoms with Crippen LogP contribution in [0.2, 0.25) is 0 Å². The van der Waals surface area contributed by atoms with Crippen molar-refractivity contribution in [2.75, 3.05) is 6.61 Å². The third kappa shape index (κ3) is 3.42. The van der Waals surface area contributed by atoms with E-state index >= 15 is 0 Å². The molecule has 26 heavy (non-hydrogen) atoms. The molecule has 0 bridgehead atoms. The molecule has 0 saturated heterocycles. The number of H-pyrrole nitrogens is 1. The summed E-state index contributed by atoms with van der Waals surface area (Å²) in [7, 11) is 0. The van der Waals surface area contributed by atoms with E-state index in [0.717, 1.165) is 28.4 Å². The van der Waals surface area contributed by atoms with Crippen LogP contribution in [0, 0.1) is 4.77 Å². The molecule has 0 fully saturated rings. The average Bonchev–Trinajstić information content (AvgIpc) is 3.30. The third-order valence-corrected chi connectivity index (χ3v) is 5.53. The zero-order valence-corrected chi connectivity index (χ0v) is 15.6. The molecule has 1 aromatic carbocycles. The molecular weight excluding hydrogens is 368 g/mol. The van der Waals surface area contributed by atoms with E-state index in [-0.39, 0.29) is 11.9 Å². The second-order valence-electron chi connectivity index (χ2n) is 6.03. The number of para-hydroxylation sites is 1. The topological polar surface area (TPSA) is 71.9 Å². The average molecular weight is 387 g/mol. The van der Waals surface area contributed by atoms with E-state index in [9.17, 15) is 4.79 Å². The molecule has 3 aromatic rings. The largest absolute Gasteiger partial charge is 0.493 e. The molecule has 0 spiro atoms. The fraction of sp³-hybridized carbons (Fsp3) is 0.278. The van der Waals surface area contributed by atoms with Gasteiger partial charge in [-0.2, -0.15) is 5.10 Å². The van der Waals surface area contributed by atoms with Gasteiger partial charge in [-0.05, 0) is 29.7 Å². The minimum absolute atomic E-state index is 0.00747. The Morgan fingerprint density at radius 3 is 3.12 bits per heavy atom. The monoisotopic (exact) mass is 386 g/mol. The molecule has 3 heterocycles. The number of hydrogen-bond donors (Lipinski definition) is 2. The van der Waals surface area contributed by atoms with E-state index in [0.29, 0.717) is 24.3 Å². The molecule has 1 aliphatic rings. The van der Waals surface area contributed by atoms with Gasteiger partial charge >= 0.3 is 0 Å². The van der Waals surface area contributed by atoms with Gasteiger partial charge in [-0.3, -0.25) is 14.5 Å². The van der Waals surface area contributed by atoms with Crippen molar-refractivity contribution < 1.29 is 9.53 Å². The summed E-state index contributed by atoms with van der Waals surface area (Å²) in [6, 6.07) is 11.8. The molecule has 8 heteroatoms. The summed E-state index contributed by atoms with van der Waals surface area (Å²) in [5.41, 5.74) is 1.03. The van der Waals surface area contributed by atoms with Crippen molar-refractivity contribution in [3.05, 3.63) is 52.1 Å². The quantitative estimate of drug-likeness (QED) is 0.656. The zero-order valence-electron chi connectivity index (χ0n) is 14.0. The predicted octanol–water partition coefficient (Wildman–Crippen LogP) is 3.70. The van der Waals surface area contributed by atoms with Crippen molar-refractivity contribution in [1.29, 1.82) is 0 Å². The maximum Gasteiger partial charge on any atom is 0.222 e. The number of aromatic amines is 1. The van der Waals surface area contributed by atoms with Crippen LogP contribution in [0.3, 0.4) is 0 Å². The normalized spacial score (nSPS) is 15.9. The van der Waals surface area contributed by atoms with Gasteiger partial charge in [-0.25, -0.2) is 0 Å². The van der Waals surface area contributed by atoms with Gasteiger partial charge in [0.1, 0.15) is 5.75 Å². The first kappa shape index (κ1) is 17.0. The summed E-state index contributed by atoms with van der Waals surface area (Å²) in [5, 5.41) is 12.2. The first-order chi connectivity index (χ1) is 12.7. The van der Waals surface area contributed by atoms with Crippen molar-refractivity contribution in [2.45, 2.75) is 25.4 Å². The van der Waals surface area contributed by atoms with Crippen molar-refractivity contribution in [3.63, 3.8) is 0 Å². The van der Waals surface area contributed by atoms with Crippen LogP contribution in [0.1, 0.15) is 24.4 Å². The summed E-state index contributed by atoms with van der Waals surface area (Å²) >= 11 is 6.91. The van der Waals surface area contributed by atoms with Crippen LogP contribution in [-0.2, 0) is 11.3 Å². The fourth-order valence-electron chi connectivity index (χ4n) is 3.09. The molecular formula is C18H18N4O2S2. The number of amides is 1. The summed E-state index contributed by atoms with van der Waals surface area (Å²) in [6.45, 7) is 1.09. The Morgan fingerprint density at radius 1 is 1.38 bits per heavy atom. The summed E-state index contributed by atoms with van der Waals surface area (Å²) in [5.74, 6) is 1.61. The van der Waals surface area contributed by atoms with Crippen LogP contribution < -0.4 is 10.1 Å². The van der Waals surface area contributed by atoms with Crippen LogP contribution in [0.25, 0.3) is 10.7 Å². The number of carbonyl (C=O) groups is 1. The molecule has 0 radical (unpaired) electrons. The Hall–Kier alpha value is -2.45. The van der Waals surface area contributed by atoms with E-state index in [1.165, 1.54) is 0 Å². The Balaban J connectivity index is 1.43. The smallest absolute Gasteiger partial charge is 0.222 e. The van der Waals surface area contributed by atoms with Gasteiger partial charge in [-0.15, -0.1) is 11.3 Å². The van der Waals surface area contributed by atoms with Gasteiger partial charge < -0.3 is 10.1 Å². The fourth-order valence-corrected chi connectivity index (χ4v) is 4.04. The molecule has 1 aliphatic heterocycles. The molecule has 2 aromatic heterocycles. The van der Waals surface area contributed by atoms with Gasteiger partial charge in [0.2, 0.25) is 5.91 Å². The first-order valence-corrected chi connectivity index (χ1v) is 9.71. The highest BCUT2D eigenvalue weighted by atomic mass is 32.1. The molecule has 6 nitrogen and oxygen atoms in total. The van der Waals surface area contributed by atoms with Crippen LogP contribution >= 0.6 is 23.6 Å². The zero-order chi connectivity index (χ0) is 17.9. The van der Waals surface area contributed by atoms with Gasteiger partial charge in [-0.1, -0.05) is 24.3 Å². The van der Waals surface area contributed by atoms with Crippen LogP contribution in [0.4, 0.5) is 0 Å². The lowest BCUT2D eigenvalue weighted by atomic mass is 10.0. The summed E-state index contributed by atoms with van der Waals surface area (Å²) in [6.07, 6.45) is 1.11. The van der Waals surface area contributed by atoms with Gasteiger partial charge in [0.15, 0.2) is 10.6 Å². The standard InChI is InChI=1S/C18H18N4O2S2/c23-16(19-13-8-10-24-14-5-2-1-4-12(13)14)7-9-22-17(20-21-18(22)25)15-6-3-11-26-15/h1-6,11,13H,7-10H2,(H,19,23)(H,21,25). The third-order valence-electron chi connectivity index (χ3n) is 4.36. The minimum atomic E-state index is -0.0125. The molecule has 1 unspecified atom stereocenters. The van der Waals surface area contributed by atoms with Crippen molar-refractivity contribution >= 4 is 29.5 Å². The van der Waals surface area contributed by atoms with Crippen LogP contribution in [-0.4, -0.2) is 27.3 Å². The summed E-state index contributed by atoms with van der Waals surface area (Å²) < 4.78 is 8.05. The van der Waals surface area contributed by atoms with Crippen molar-refractivity contribution in [1.82, 2.24) is 20.1 Å². The number of thiophene rings is 1. The van der Waals surface area contributed by atoms with Crippen LogP contribution in [0.5, 0.6) is 5.75 Å². The molecule has 0 saturated carbocycles. The minimum Gasteiger partial charge on any atom is -0.493 e.